The Morgan fingerprint density at radius 2 is 1.93 bits per heavy atom. The van der Waals surface area contributed by atoms with Gasteiger partial charge in [-0.2, -0.15) is 18.3 Å². The lowest BCUT2D eigenvalue weighted by Crippen LogP contribution is -2.40. The summed E-state index contributed by atoms with van der Waals surface area (Å²) >= 11 is 0. The standard InChI is InChI=1S/C21H22F3N3O3/c1-14-17(15(2)26(25-14)13-21(22,23)24)11-20(27(28)29)10-9-19(30-3)18(12-20)16-7-5-4-6-8-16/h4-10H,11-13H2,1-3H3. The lowest BCUT2D eigenvalue weighted by molar-refractivity contribution is -0.553. The van der Waals surface area contributed by atoms with E-state index in [4.69, 9.17) is 4.74 Å². The second-order valence-corrected chi connectivity index (χ2v) is 7.38. The van der Waals surface area contributed by atoms with Crippen LogP contribution in [-0.4, -0.2) is 33.5 Å². The maximum Gasteiger partial charge on any atom is 0.408 e. The van der Waals surface area contributed by atoms with Crippen LogP contribution in [0.3, 0.4) is 0 Å². The van der Waals surface area contributed by atoms with Crippen LogP contribution < -0.4 is 0 Å². The Morgan fingerprint density at radius 1 is 1.27 bits per heavy atom. The molecule has 30 heavy (non-hydrogen) atoms. The molecular weight excluding hydrogens is 399 g/mol. The van der Waals surface area contributed by atoms with Crippen molar-refractivity contribution in [1.29, 1.82) is 0 Å². The number of hydrogen-bond donors (Lipinski definition) is 0. The predicted octanol–water partition coefficient (Wildman–Crippen LogP) is 4.64. The van der Waals surface area contributed by atoms with Crippen LogP contribution in [0, 0.1) is 24.0 Å². The first-order chi connectivity index (χ1) is 14.1. The molecule has 3 rings (SSSR count). The van der Waals surface area contributed by atoms with Gasteiger partial charge in [0.15, 0.2) is 0 Å². The van der Waals surface area contributed by atoms with Gasteiger partial charge in [0.1, 0.15) is 12.3 Å². The molecule has 160 valence electrons. The van der Waals surface area contributed by atoms with E-state index in [0.29, 0.717) is 22.6 Å². The van der Waals surface area contributed by atoms with Gasteiger partial charge >= 0.3 is 6.18 Å². The average Bonchev–Trinajstić information content (AvgIpc) is 2.94. The predicted molar refractivity (Wildman–Crippen MR) is 105 cm³/mol. The molecule has 0 spiro atoms. The number of rotatable bonds is 6. The summed E-state index contributed by atoms with van der Waals surface area (Å²) < 4.78 is 44.8. The summed E-state index contributed by atoms with van der Waals surface area (Å²) in [7, 11) is 1.50. The highest BCUT2D eigenvalue weighted by Crippen LogP contribution is 2.39. The van der Waals surface area contributed by atoms with Crippen molar-refractivity contribution in [2.45, 2.75) is 44.9 Å². The SMILES string of the molecule is COC1=C(c2ccccc2)CC(Cc2c(C)nn(CC(F)(F)F)c2C)([N+](=O)[O-])C=C1. The largest absolute Gasteiger partial charge is 0.496 e. The van der Waals surface area contributed by atoms with Crippen molar-refractivity contribution < 1.29 is 22.8 Å². The minimum Gasteiger partial charge on any atom is -0.496 e. The Hall–Kier alpha value is -3.10. The van der Waals surface area contributed by atoms with Crippen molar-refractivity contribution >= 4 is 5.57 Å². The van der Waals surface area contributed by atoms with Crippen molar-refractivity contribution in [1.82, 2.24) is 9.78 Å². The van der Waals surface area contributed by atoms with Crippen LogP contribution in [0.1, 0.15) is 28.9 Å². The first kappa shape index (κ1) is 21.6. The summed E-state index contributed by atoms with van der Waals surface area (Å²) in [6.45, 7) is 1.85. The third-order valence-corrected chi connectivity index (χ3v) is 5.37. The number of alkyl halides is 3. The molecule has 1 aliphatic rings. The maximum atomic E-state index is 12.8. The summed E-state index contributed by atoms with van der Waals surface area (Å²) in [5, 5.41) is 16.2. The Kier molecular flexibility index (Phi) is 5.74. The van der Waals surface area contributed by atoms with Crippen molar-refractivity contribution in [3.8, 4) is 0 Å². The second kappa shape index (κ2) is 7.97. The number of allylic oxidation sites excluding steroid dienone is 1. The summed E-state index contributed by atoms with van der Waals surface area (Å²) in [6.07, 6.45) is -1.41. The minimum absolute atomic E-state index is 0.0486. The summed E-state index contributed by atoms with van der Waals surface area (Å²) in [5.41, 5.74) is 1.04. The van der Waals surface area contributed by atoms with Crippen LogP contribution in [-0.2, 0) is 17.7 Å². The molecule has 1 unspecified atom stereocenters. The lowest BCUT2D eigenvalue weighted by Gasteiger charge is -2.28. The van der Waals surface area contributed by atoms with Crippen LogP contribution in [0.4, 0.5) is 13.2 Å². The fraction of sp³-hybridized carbons (Fsp3) is 0.381. The number of ether oxygens (including phenoxy) is 1. The molecular formula is C21H22F3N3O3. The molecule has 0 saturated carbocycles. The van der Waals surface area contributed by atoms with E-state index >= 15 is 0 Å². The van der Waals surface area contributed by atoms with Gasteiger partial charge in [-0.05, 0) is 31.6 Å². The van der Waals surface area contributed by atoms with E-state index in [1.165, 1.54) is 20.1 Å². The molecule has 1 aromatic carbocycles. The van der Waals surface area contributed by atoms with Crippen LogP contribution >= 0.6 is 0 Å². The van der Waals surface area contributed by atoms with Gasteiger partial charge in [0, 0.05) is 21.8 Å². The van der Waals surface area contributed by atoms with Gasteiger partial charge in [-0.25, -0.2) is 0 Å². The summed E-state index contributed by atoms with van der Waals surface area (Å²) in [4.78, 5) is 11.8. The quantitative estimate of drug-likeness (QED) is 0.503. The van der Waals surface area contributed by atoms with Crippen LogP contribution in [0.25, 0.3) is 5.57 Å². The third-order valence-electron chi connectivity index (χ3n) is 5.37. The van der Waals surface area contributed by atoms with Gasteiger partial charge in [0.2, 0.25) is 5.54 Å². The Balaban J connectivity index is 2.01. The van der Waals surface area contributed by atoms with E-state index in [0.717, 1.165) is 10.2 Å². The Labute approximate surface area is 171 Å². The van der Waals surface area contributed by atoms with Crippen LogP contribution in [0.15, 0.2) is 48.2 Å². The fourth-order valence-electron chi connectivity index (χ4n) is 3.79. The van der Waals surface area contributed by atoms with E-state index in [1.54, 1.807) is 13.0 Å². The van der Waals surface area contributed by atoms with Crippen LogP contribution in [0.5, 0.6) is 0 Å². The van der Waals surface area contributed by atoms with Crippen molar-refractivity contribution in [2.24, 2.45) is 0 Å². The van der Waals surface area contributed by atoms with Gasteiger partial charge in [0.25, 0.3) is 0 Å². The average molecular weight is 421 g/mol. The zero-order valence-corrected chi connectivity index (χ0v) is 16.9. The highest BCUT2D eigenvalue weighted by atomic mass is 19.4. The zero-order valence-electron chi connectivity index (χ0n) is 16.9. The first-order valence-electron chi connectivity index (χ1n) is 9.32. The first-order valence-corrected chi connectivity index (χ1v) is 9.32. The number of nitrogens with zero attached hydrogens (tertiary/aromatic N) is 3. The monoisotopic (exact) mass is 421 g/mol. The van der Waals surface area contributed by atoms with Crippen molar-refractivity contribution in [3.63, 3.8) is 0 Å². The molecule has 0 aliphatic heterocycles. The van der Waals surface area contributed by atoms with Gasteiger partial charge in [-0.1, -0.05) is 30.3 Å². The highest BCUT2D eigenvalue weighted by Gasteiger charge is 2.45. The van der Waals surface area contributed by atoms with Crippen LogP contribution in [0.2, 0.25) is 0 Å². The van der Waals surface area contributed by atoms with Gasteiger partial charge in [-0.15, -0.1) is 0 Å². The second-order valence-electron chi connectivity index (χ2n) is 7.38. The number of nitro groups is 1. The molecule has 0 radical (unpaired) electrons. The van der Waals surface area contributed by atoms with E-state index in [1.807, 2.05) is 30.3 Å². The van der Waals surface area contributed by atoms with Crippen molar-refractivity contribution in [2.75, 3.05) is 7.11 Å². The van der Waals surface area contributed by atoms with E-state index in [2.05, 4.69) is 5.10 Å². The molecule has 2 aromatic rings. The lowest BCUT2D eigenvalue weighted by atomic mass is 9.79. The number of methoxy groups -OCH3 is 1. The summed E-state index contributed by atoms with van der Waals surface area (Å²) in [6, 6.07) is 9.19. The molecule has 1 aromatic heterocycles. The maximum absolute atomic E-state index is 12.8. The number of hydrogen-bond acceptors (Lipinski definition) is 4. The Morgan fingerprint density at radius 3 is 2.50 bits per heavy atom. The van der Waals surface area contributed by atoms with E-state index < -0.39 is 18.3 Å². The Bertz CT molecular complexity index is 1010. The van der Waals surface area contributed by atoms with Gasteiger partial charge in [-0.3, -0.25) is 14.8 Å². The molecule has 0 saturated heterocycles. The van der Waals surface area contributed by atoms with E-state index in [9.17, 15) is 23.3 Å². The molecule has 0 N–H and O–H groups in total. The molecule has 9 heteroatoms. The number of aryl methyl sites for hydroxylation is 1. The topological polar surface area (TPSA) is 70.2 Å². The number of aromatic nitrogens is 2. The molecule has 0 fully saturated rings. The number of halogens is 3. The smallest absolute Gasteiger partial charge is 0.408 e. The number of benzene rings is 1. The molecule has 1 heterocycles. The van der Waals surface area contributed by atoms with Gasteiger partial charge < -0.3 is 4.74 Å². The fourth-order valence-corrected chi connectivity index (χ4v) is 3.79. The van der Waals surface area contributed by atoms with E-state index in [-0.39, 0.29) is 23.5 Å². The zero-order chi connectivity index (χ0) is 22.1. The van der Waals surface area contributed by atoms with Crippen molar-refractivity contribution in [3.05, 3.63) is 80.9 Å². The minimum atomic E-state index is -4.43. The third kappa shape index (κ3) is 4.24. The molecule has 0 amide bonds. The molecule has 0 bridgehead atoms. The molecule has 1 aliphatic carbocycles. The summed E-state index contributed by atoms with van der Waals surface area (Å²) in [5.74, 6) is 0.528. The normalized spacial score (nSPS) is 19.3. The molecule has 1 atom stereocenters. The molecule has 6 nitrogen and oxygen atoms in total. The highest BCUT2D eigenvalue weighted by molar-refractivity contribution is 5.72. The van der Waals surface area contributed by atoms with Gasteiger partial charge in [0.05, 0.1) is 25.6 Å².